The first kappa shape index (κ1) is 14.2. The molecule has 1 rings (SSSR count). The molecule has 2 N–H and O–H groups in total. The number of nitrogens with one attached hydrogen (secondary N) is 1. The summed E-state index contributed by atoms with van der Waals surface area (Å²) in [5.74, 6) is -1.55. The number of aliphatic carboxylic acids is 1. The molecule has 6 nitrogen and oxygen atoms in total. The second-order valence-electron chi connectivity index (χ2n) is 4.47. The monoisotopic (exact) mass is 253 g/mol. The van der Waals surface area contributed by atoms with Gasteiger partial charge in [-0.2, -0.15) is 5.10 Å². The maximum absolute atomic E-state index is 12.0. The fourth-order valence-corrected chi connectivity index (χ4v) is 1.72. The van der Waals surface area contributed by atoms with Crippen molar-refractivity contribution in [3.05, 3.63) is 17.5 Å². The normalized spacial score (nSPS) is 14.0. The minimum atomic E-state index is -1.02. The molecule has 1 heterocycles. The van der Waals surface area contributed by atoms with Crippen LogP contribution in [-0.4, -0.2) is 32.8 Å². The van der Waals surface area contributed by atoms with Gasteiger partial charge in [-0.15, -0.1) is 0 Å². The topological polar surface area (TPSA) is 84.2 Å². The van der Waals surface area contributed by atoms with Crippen LogP contribution in [0.15, 0.2) is 6.07 Å². The van der Waals surface area contributed by atoms with Crippen molar-refractivity contribution in [2.45, 2.75) is 33.2 Å². The van der Waals surface area contributed by atoms with Gasteiger partial charge in [-0.05, 0) is 18.9 Å². The molecule has 100 valence electrons. The van der Waals surface area contributed by atoms with Crippen LogP contribution >= 0.6 is 0 Å². The summed E-state index contributed by atoms with van der Waals surface area (Å²) < 4.78 is 1.44. The van der Waals surface area contributed by atoms with Crippen molar-refractivity contribution in [3.8, 4) is 0 Å². The Morgan fingerprint density at radius 2 is 2.17 bits per heavy atom. The lowest BCUT2D eigenvalue weighted by Gasteiger charge is -2.19. The Labute approximate surface area is 106 Å². The van der Waals surface area contributed by atoms with Gasteiger partial charge in [-0.25, -0.2) is 4.79 Å². The Morgan fingerprint density at radius 1 is 1.56 bits per heavy atom. The third-order valence-electron chi connectivity index (χ3n) is 3.00. The van der Waals surface area contributed by atoms with E-state index in [4.69, 9.17) is 5.11 Å². The van der Waals surface area contributed by atoms with E-state index in [-0.39, 0.29) is 5.92 Å². The third kappa shape index (κ3) is 3.09. The summed E-state index contributed by atoms with van der Waals surface area (Å²) in [7, 11) is 1.65. The second kappa shape index (κ2) is 5.66. The van der Waals surface area contributed by atoms with Crippen LogP contribution in [0, 0.1) is 12.8 Å². The summed E-state index contributed by atoms with van der Waals surface area (Å²) in [6, 6.07) is 0.753. The van der Waals surface area contributed by atoms with Crippen LogP contribution in [0.2, 0.25) is 0 Å². The molecule has 6 heteroatoms. The molecule has 0 aliphatic heterocycles. The summed E-state index contributed by atoms with van der Waals surface area (Å²) in [4.78, 5) is 23.1. The zero-order valence-electron chi connectivity index (χ0n) is 11.1. The van der Waals surface area contributed by atoms with Crippen molar-refractivity contribution in [2.75, 3.05) is 0 Å². The molecule has 1 aromatic rings. The highest BCUT2D eigenvalue weighted by molar-refractivity contribution is 5.95. The predicted octanol–water partition coefficient (Wildman–Crippen LogP) is 0.958. The molecule has 0 spiro atoms. The van der Waals surface area contributed by atoms with Crippen LogP contribution in [0.5, 0.6) is 0 Å². The SMILES string of the molecule is CC[C@H](C)[C@H](NC(=O)c1cc(C)nn1C)C(=O)O. The van der Waals surface area contributed by atoms with Gasteiger partial charge >= 0.3 is 5.97 Å². The number of aryl methyl sites for hydroxylation is 2. The Kier molecular flexibility index (Phi) is 4.47. The molecule has 0 fully saturated rings. The number of carbonyl (C=O) groups is 2. The maximum Gasteiger partial charge on any atom is 0.326 e. The van der Waals surface area contributed by atoms with E-state index in [2.05, 4.69) is 10.4 Å². The van der Waals surface area contributed by atoms with Crippen molar-refractivity contribution in [1.82, 2.24) is 15.1 Å². The molecule has 0 unspecified atom stereocenters. The number of amides is 1. The zero-order chi connectivity index (χ0) is 13.9. The lowest BCUT2D eigenvalue weighted by Crippen LogP contribution is -2.45. The Bertz CT molecular complexity index is 453. The van der Waals surface area contributed by atoms with Crippen molar-refractivity contribution >= 4 is 11.9 Å². The minimum absolute atomic E-state index is 0.124. The summed E-state index contributed by atoms with van der Waals surface area (Å²) in [6.45, 7) is 5.47. The van der Waals surface area contributed by atoms with Crippen molar-refractivity contribution in [3.63, 3.8) is 0 Å². The number of carboxylic acid groups (broad SMARTS) is 1. The molecule has 0 radical (unpaired) electrons. The van der Waals surface area contributed by atoms with Gasteiger partial charge in [0.2, 0.25) is 0 Å². The van der Waals surface area contributed by atoms with Crippen molar-refractivity contribution in [1.29, 1.82) is 0 Å². The minimum Gasteiger partial charge on any atom is -0.480 e. The first-order valence-corrected chi connectivity index (χ1v) is 5.91. The van der Waals surface area contributed by atoms with E-state index in [0.717, 1.165) is 5.69 Å². The summed E-state index contributed by atoms with van der Waals surface area (Å²) in [5, 5.41) is 15.7. The van der Waals surface area contributed by atoms with Crippen LogP contribution in [0.3, 0.4) is 0 Å². The molecule has 2 atom stereocenters. The van der Waals surface area contributed by atoms with E-state index in [9.17, 15) is 9.59 Å². The summed E-state index contributed by atoms with van der Waals surface area (Å²) in [6.07, 6.45) is 0.682. The van der Waals surface area contributed by atoms with Crippen LogP contribution in [0.4, 0.5) is 0 Å². The highest BCUT2D eigenvalue weighted by Gasteiger charge is 2.26. The summed E-state index contributed by atoms with van der Waals surface area (Å²) in [5.41, 5.74) is 1.08. The molecule has 0 bridgehead atoms. The Morgan fingerprint density at radius 3 is 2.56 bits per heavy atom. The molecule has 0 aliphatic rings. The summed E-state index contributed by atoms with van der Waals surface area (Å²) >= 11 is 0. The Balaban J connectivity index is 2.85. The number of carbonyl (C=O) groups excluding carboxylic acids is 1. The van der Waals surface area contributed by atoms with E-state index in [1.54, 1.807) is 27.0 Å². The van der Waals surface area contributed by atoms with Gasteiger partial charge in [0.05, 0.1) is 5.69 Å². The molecule has 1 aromatic heterocycles. The molecular formula is C12H19N3O3. The average Bonchev–Trinajstić information content (AvgIpc) is 2.63. The second-order valence-corrected chi connectivity index (χ2v) is 4.47. The molecule has 0 saturated heterocycles. The van der Waals surface area contributed by atoms with Crippen LogP contribution in [0.1, 0.15) is 36.5 Å². The first-order valence-electron chi connectivity index (χ1n) is 5.91. The van der Waals surface area contributed by atoms with Gasteiger partial charge in [0.15, 0.2) is 0 Å². The molecule has 0 aromatic carbocycles. The first-order chi connectivity index (χ1) is 8.36. The number of carboxylic acids is 1. The maximum atomic E-state index is 12.0. The van der Waals surface area contributed by atoms with E-state index >= 15 is 0 Å². The lowest BCUT2D eigenvalue weighted by atomic mass is 9.99. The quantitative estimate of drug-likeness (QED) is 0.818. The molecule has 18 heavy (non-hydrogen) atoms. The van der Waals surface area contributed by atoms with Gasteiger partial charge in [-0.3, -0.25) is 9.48 Å². The van der Waals surface area contributed by atoms with Gasteiger partial charge in [0, 0.05) is 7.05 Å². The average molecular weight is 253 g/mol. The van der Waals surface area contributed by atoms with E-state index in [1.807, 2.05) is 6.92 Å². The highest BCUT2D eigenvalue weighted by atomic mass is 16.4. The van der Waals surface area contributed by atoms with Gasteiger partial charge in [-0.1, -0.05) is 20.3 Å². The molecule has 1 amide bonds. The van der Waals surface area contributed by atoms with E-state index in [1.165, 1.54) is 4.68 Å². The standard InChI is InChI=1S/C12H19N3O3/c1-5-7(2)10(12(17)18)13-11(16)9-6-8(3)14-15(9)4/h6-7,10H,5H2,1-4H3,(H,13,16)(H,17,18)/t7-,10-/m0/s1. The molecular weight excluding hydrogens is 234 g/mol. The fraction of sp³-hybridized carbons (Fsp3) is 0.583. The van der Waals surface area contributed by atoms with Crippen molar-refractivity contribution in [2.24, 2.45) is 13.0 Å². The molecule has 0 saturated carbocycles. The van der Waals surface area contributed by atoms with Gasteiger partial charge in [0.25, 0.3) is 5.91 Å². The van der Waals surface area contributed by atoms with E-state index < -0.39 is 17.9 Å². The van der Waals surface area contributed by atoms with Crippen molar-refractivity contribution < 1.29 is 14.7 Å². The number of aromatic nitrogens is 2. The lowest BCUT2D eigenvalue weighted by molar-refractivity contribution is -0.140. The fourth-order valence-electron chi connectivity index (χ4n) is 1.72. The largest absolute Gasteiger partial charge is 0.480 e. The van der Waals surface area contributed by atoms with Crippen LogP contribution in [0.25, 0.3) is 0 Å². The smallest absolute Gasteiger partial charge is 0.326 e. The Hall–Kier alpha value is -1.85. The number of hydrogen-bond donors (Lipinski definition) is 2. The third-order valence-corrected chi connectivity index (χ3v) is 3.00. The van der Waals surface area contributed by atoms with Crippen LogP contribution < -0.4 is 5.32 Å². The van der Waals surface area contributed by atoms with Gasteiger partial charge < -0.3 is 10.4 Å². The highest BCUT2D eigenvalue weighted by Crippen LogP contribution is 2.09. The van der Waals surface area contributed by atoms with E-state index in [0.29, 0.717) is 12.1 Å². The van der Waals surface area contributed by atoms with Crippen LogP contribution in [-0.2, 0) is 11.8 Å². The van der Waals surface area contributed by atoms with Gasteiger partial charge in [0.1, 0.15) is 11.7 Å². The molecule has 0 aliphatic carbocycles. The number of hydrogen-bond acceptors (Lipinski definition) is 3. The number of nitrogens with zero attached hydrogens (tertiary/aromatic N) is 2. The zero-order valence-corrected chi connectivity index (χ0v) is 11.1. The predicted molar refractivity (Wildman–Crippen MR) is 66.3 cm³/mol. The number of rotatable bonds is 5.